The van der Waals surface area contributed by atoms with E-state index in [2.05, 4.69) is 8.75 Å². The summed E-state index contributed by atoms with van der Waals surface area (Å²) in [6.45, 7) is 0. The first kappa shape index (κ1) is 13.3. The molecule has 96 valence electrons. The molecule has 0 spiro atoms. The number of hydrogen-bond acceptors (Lipinski definition) is 4. The third-order valence-corrected chi connectivity index (χ3v) is 5.74. The summed E-state index contributed by atoms with van der Waals surface area (Å²) in [5.41, 5.74) is 0.455. The molecule has 1 heterocycles. The van der Waals surface area contributed by atoms with Crippen LogP contribution in [0.3, 0.4) is 0 Å². The molecule has 8 heteroatoms. The van der Waals surface area contributed by atoms with Gasteiger partial charge in [-0.3, -0.25) is 4.98 Å². The highest BCUT2D eigenvalue weighted by atomic mass is 35.7. The number of pyridine rings is 1. The standard InChI is InChI=1S/C10H9ClN2O3S2/c1-17(14,13-18(11,15)16)9-6-2-4-8-5-3-7-12-10(8)9/h2-7H,1H3. The number of hydrogen-bond donors (Lipinski definition) is 0. The van der Waals surface area contributed by atoms with Crippen LogP contribution in [0.4, 0.5) is 0 Å². The molecule has 1 aromatic heterocycles. The Balaban J connectivity index is 2.85. The van der Waals surface area contributed by atoms with E-state index in [0.717, 1.165) is 5.39 Å². The van der Waals surface area contributed by atoms with Crippen LogP contribution in [0.15, 0.2) is 45.2 Å². The van der Waals surface area contributed by atoms with Gasteiger partial charge in [-0.15, -0.1) is 0 Å². The molecule has 1 atom stereocenters. The van der Waals surface area contributed by atoms with E-state index in [9.17, 15) is 12.6 Å². The molecular weight excluding hydrogens is 296 g/mol. The van der Waals surface area contributed by atoms with Crippen molar-refractivity contribution in [1.82, 2.24) is 4.98 Å². The zero-order valence-corrected chi connectivity index (χ0v) is 11.7. The SMILES string of the molecule is CS(=O)(=NS(=O)(=O)Cl)c1cccc2cccnc12. The van der Waals surface area contributed by atoms with Gasteiger partial charge in [0.1, 0.15) is 0 Å². The highest BCUT2D eigenvalue weighted by Crippen LogP contribution is 2.23. The monoisotopic (exact) mass is 304 g/mol. The molecule has 1 unspecified atom stereocenters. The minimum Gasteiger partial charge on any atom is -0.255 e. The van der Waals surface area contributed by atoms with Crippen molar-refractivity contribution in [2.24, 2.45) is 3.77 Å². The molecule has 0 N–H and O–H groups in total. The Labute approximate surface area is 110 Å². The second kappa shape index (κ2) is 4.49. The van der Waals surface area contributed by atoms with Crippen LogP contribution in [0.2, 0.25) is 0 Å². The minimum absolute atomic E-state index is 0.254. The Morgan fingerprint density at radius 1 is 1.17 bits per heavy atom. The topological polar surface area (TPSA) is 76.5 Å². The van der Waals surface area contributed by atoms with E-state index in [-0.39, 0.29) is 4.90 Å². The fraction of sp³-hybridized carbons (Fsp3) is 0.100. The molecule has 2 rings (SSSR count). The zero-order valence-electron chi connectivity index (χ0n) is 9.28. The molecule has 0 bridgehead atoms. The Kier molecular flexibility index (Phi) is 3.31. The van der Waals surface area contributed by atoms with Gasteiger partial charge < -0.3 is 0 Å². The Morgan fingerprint density at radius 3 is 2.50 bits per heavy atom. The second-order valence-corrected chi connectivity index (χ2v) is 8.26. The molecule has 0 saturated heterocycles. The van der Waals surface area contributed by atoms with Crippen molar-refractivity contribution in [1.29, 1.82) is 0 Å². The smallest absolute Gasteiger partial charge is 0.255 e. The fourth-order valence-electron chi connectivity index (χ4n) is 1.59. The summed E-state index contributed by atoms with van der Waals surface area (Å²) >= 11 is 0. The van der Waals surface area contributed by atoms with Gasteiger partial charge in [-0.1, -0.05) is 22.0 Å². The molecule has 0 aliphatic carbocycles. The maximum atomic E-state index is 12.3. The van der Waals surface area contributed by atoms with Crippen molar-refractivity contribution in [2.75, 3.05) is 6.26 Å². The first-order valence-electron chi connectivity index (χ1n) is 4.81. The number of fused-ring (bicyclic) bond motifs is 1. The largest absolute Gasteiger partial charge is 0.347 e. The van der Waals surface area contributed by atoms with Crippen molar-refractivity contribution in [3.05, 3.63) is 36.5 Å². The van der Waals surface area contributed by atoms with Crippen molar-refractivity contribution in [2.45, 2.75) is 4.90 Å². The van der Waals surface area contributed by atoms with Crippen molar-refractivity contribution in [3.63, 3.8) is 0 Å². The van der Waals surface area contributed by atoms with Gasteiger partial charge in [-0.05, 0) is 12.1 Å². The summed E-state index contributed by atoms with van der Waals surface area (Å²) in [7, 11) is -2.33. The van der Waals surface area contributed by atoms with Crippen molar-refractivity contribution < 1.29 is 12.6 Å². The van der Waals surface area contributed by atoms with Crippen LogP contribution in [-0.4, -0.2) is 23.9 Å². The molecule has 18 heavy (non-hydrogen) atoms. The van der Waals surface area contributed by atoms with E-state index in [1.54, 1.807) is 24.3 Å². The predicted molar refractivity (Wildman–Crippen MR) is 71.3 cm³/mol. The summed E-state index contributed by atoms with van der Waals surface area (Å²) < 4.78 is 37.4. The highest BCUT2D eigenvalue weighted by Gasteiger charge is 2.15. The van der Waals surface area contributed by atoms with E-state index in [1.165, 1.54) is 18.5 Å². The van der Waals surface area contributed by atoms with E-state index < -0.39 is 19.0 Å². The number of benzene rings is 1. The maximum absolute atomic E-state index is 12.3. The van der Waals surface area contributed by atoms with Gasteiger partial charge in [-0.25, -0.2) is 4.21 Å². The molecule has 0 fully saturated rings. The average molecular weight is 305 g/mol. The third-order valence-electron chi connectivity index (χ3n) is 2.24. The summed E-state index contributed by atoms with van der Waals surface area (Å²) in [6.07, 6.45) is 2.76. The highest BCUT2D eigenvalue weighted by molar-refractivity contribution is 8.17. The van der Waals surface area contributed by atoms with Crippen LogP contribution >= 0.6 is 10.7 Å². The fourth-order valence-corrected chi connectivity index (χ4v) is 5.10. The van der Waals surface area contributed by atoms with Gasteiger partial charge in [0.2, 0.25) is 0 Å². The summed E-state index contributed by atoms with van der Waals surface area (Å²) in [4.78, 5) is 4.35. The lowest BCUT2D eigenvalue weighted by atomic mass is 10.2. The molecular formula is C10H9ClN2O3S2. The lowest BCUT2D eigenvalue weighted by Gasteiger charge is -2.06. The van der Waals surface area contributed by atoms with Crippen molar-refractivity contribution >= 4 is 40.6 Å². The van der Waals surface area contributed by atoms with Gasteiger partial charge in [0.05, 0.1) is 20.1 Å². The van der Waals surface area contributed by atoms with Gasteiger partial charge >= 0.3 is 9.24 Å². The van der Waals surface area contributed by atoms with Gasteiger partial charge in [-0.2, -0.15) is 8.42 Å². The molecule has 2 aromatic rings. The second-order valence-electron chi connectivity index (χ2n) is 3.62. The van der Waals surface area contributed by atoms with Crippen LogP contribution in [0.1, 0.15) is 0 Å². The predicted octanol–water partition coefficient (Wildman–Crippen LogP) is 2.18. The first-order chi connectivity index (χ1) is 8.30. The molecule has 0 saturated carbocycles. The van der Waals surface area contributed by atoms with Crippen LogP contribution < -0.4 is 0 Å². The van der Waals surface area contributed by atoms with Crippen LogP contribution in [0, 0.1) is 0 Å². The van der Waals surface area contributed by atoms with Gasteiger partial charge in [0.15, 0.2) is 0 Å². The molecule has 0 radical (unpaired) electrons. The first-order valence-corrected chi connectivity index (χ1v) is 9.00. The molecule has 0 aliphatic heterocycles. The number of nitrogens with zero attached hydrogens (tertiary/aromatic N) is 2. The molecule has 1 aromatic carbocycles. The van der Waals surface area contributed by atoms with Gasteiger partial charge in [0, 0.05) is 28.5 Å². The van der Waals surface area contributed by atoms with Gasteiger partial charge in [0.25, 0.3) is 0 Å². The number of aromatic nitrogens is 1. The summed E-state index contributed by atoms with van der Waals surface area (Å²) in [5, 5.41) is 0.756. The third kappa shape index (κ3) is 2.80. The normalized spacial score (nSPS) is 15.2. The summed E-state index contributed by atoms with van der Waals surface area (Å²) in [5.74, 6) is 0. The van der Waals surface area contributed by atoms with Crippen LogP contribution in [0.5, 0.6) is 0 Å². The average Bonchev–Trinajstić information content (AvgIpc) is 2.25. The Bertz CT molecular complexity index is 819. The van der Waals surface area contributed by atoms with Crippen LogP contribution in [-0.2, 0) is 19.0 Å². The Morgan fingerprint density at radius 2 is 1.83 bits per heavy atom. The van der Waals surface area contributed by atoms with E-state index in [1.807, 2.05) is 0 Å². The van der Waals surface area contributed by atoms with E-state index in [0.29, 0.717) is 5.52 Å². The minimum atomic E-state index is -4.20. The molecule has 0 amide bonds. The summed E-state index contributed by atoms with van der Waals surface area (Å²) in [6, 6.07) is 8.51. The number of halogens is 1. The number of rotatable bonds is 2. The molecule has 5 nitrogen and oxygen atoms in total. The lowest BCUT2D eigenvalue weighted by Crippen LogP contribution is -2.02. The lowest BCUT2D eigenvalue weighted by molar-refractivity contribution is 0.611. The quantitative estimate of drug-likeness (QED) is 0.797. The Hall–Kier alpha value is -1.18. The van der Waals surface area contributed by atoms with E-state index in [4.69, 9.17) is 10.7 Å². The van der Waals surface area contributed by atoms with E-state index >= 15 is 0 Å². The van der Waals surface area contributed by atoms with Crippen molar-refractivity contribution in [3.8, 4) is 0 Å². The maximum Gasteiger partial charge on any atom is 0.347 e. The molecule has 0 aliphatic rings. The number of para-hydroxylation sites is 1. The van der Waals surface area contributed by atoms with Crippen LogP contribution in [0.25, 0.3) is 10.9 Å². The zero-order chi connectivity index (χ0) is 13.4.